The molecule has 6 nitrogen and oxygen atoms in total. The van der Waals surface area contributed by atoms with Crippen molar-refractivity contribution in [2.24, 2.45) is 5.10 Å². The van der Waals surface area contributed by atoms with Gasteiger partial charge in [0, 0.05) is 12.1 Å². The van der Waals surface area contributed by atoms with Gasteiger partial charge in [-0.1, -0.05) is 24.3 Å². The third kappa shape index (κ3) is 4.70. The first-order chi connectivity index (χ1) is 11.0. The molecular weight excluding hydrogens is 301 g/mol. The lowest BCUT2D eigenvalue weighted by atomic mass is 10.1. The summed E-state index contributed by atoms with van der Waals surface area (Å²) in [5, 5.41) is 14.5. The molecule has 0 bridgehead atoms. The van der Waals surface area contributed by atoms with Crippen LogP contribution in [0.5, 0.6) is 0 Å². The molecule has 0 saturated heterocycles. The molecule has 7 heteroatoms. The predicted octanol–water partition coefficient (Wildman–Crippen LogP) is 2.82. The number of hydrogen-bond acceptors (Lipinski definition) is 4. The minimum absolute atomic E-state index is 0.0284. The van der Waals surface area contributed by atoms with Crippen LogP contribution in [0.3, 0.4) is 0 Å². The maximum absolute atomic E-state index is 12.8. The van der Waals surface area contributed by atoms with Gasteiger partial charge in [0.2, 0.25) is 5.91 Å². The highest BCUT2D eigenvalue weighted by Gasteiger charge is 2.07. The first kappa shape index (κ1) is 16.3. The Balaban J connectivity index is 1.95. The van der Waals surface area contributed by atoms with Crippen LogP contribution in [-0.4, -0.2) is 16.5 Å². The van der Waals surface area contributed by atoms with E-state index in [9.17, 15) is 19.3 Å². The fourth-order valence-corrected chi connectivity index (χ4v) is 1.86. The normalized spacial score (nSPS) is 11.1. The summed E-state index contributed by atoms with van der Waals surface area (Å²) in [7, 11) is 0. The van der Waals surface area contributed by atoms with Crippen molar-refractivity contribution in [3.05, 3.63) is 75.6 Å². The molecule has 23 heavy (non-hydrogen) atoms. The smallest absolute Gasteiger partial charge is 0.269 e. The van der Waals surface area contributed by atoms with E-state index in [-0.39, 0.29) is 23.8 Å². The monoisotopic (exact) mass is 315 g/mol. The summed E-state index contributed by atoms with van der Waals surface area (Å²) in [6.07, 6.45) is 0.0538. The molecule has 0 spiro atoms. The molecule has 0 aromatic heterocycles. The number of hydrazone groups is 1. The highest BCUT2D eigenvalue weighted by atomic mass is 19.1. The number of carbonyl (C=O) groups is 1. The van der Waals surface area contributed by atoms with Crippen molar-refractivity contribution >= 4 is 17.3 Å². The van der Waals surface area contributed by atoms with Crippen LogP contribution in [-0.2, 0) is 11.2 Å². The number of nitro groups is 1. The van der Waals surface area contributed by atoms with Crippen LogP contribution in [0.25, 0.3) is 0 Å². The topological polar surface area (TPSA) is 84.6 Å². The standard InChI is InChI=1S/C16H14FN3O3/c1-11(13-4-6-14(17)7-5-13)18-19-16(21)10-12-2-8-15(9-3-12)20(22)23/h2-9H,10H2,1H3,(H,19,21). The number of nitrogens with zero attached hydrogens (tertiary/aromatic N) is 2. The third-order valence-electron chi connectivity index (χ3n) is 3.12. The fourth-order valence-electron chi connectivity index (χ4n) is 1.86. The van der Waals surface area contributed by atoms with E-state index in [4.69, 9.17) is 0 Å². The number of non-ortho nitro benzene ring substituents is 1. The van der Waals surface area contributed by atoms with Gasteiger partial charge in [-0.05, 0) is 30.2 Å². The lowest BCUT2D eigenvalue weighted by Crippen LogP contribution is -2.21. The van der Waals surface area contributed by atoms with Gasteiger partial charge < -0.3 is 0 Å². The summed E-state index contributed by atoms with van der Waals surface area (Å²) in [6, 6.07) is 11.5. The Hall–Kier alpha value is -3.09. The van der Waals surface area contributed by atoms with Gasteiger partial charge in [0.05, 0.1) is 17.1 Å². The van der Waals surface area contributed by atoms with Gasteiger partial charge in [-0.25, -0.2) is 9.82 Å². The van der Waals surface area contributed by atoms with Crippen molar-refractivity contribution < 1.29 is 14.1 Å². The Morgan fingerprint density at radius 3 is 2.35 bits per heavy atom. The summed E-state index contributed by atoms with van der Waals surface area (Å²) >= 11 is 0. The van der Waals surface area contributed by atoms with Crippen molar-refractivity contribution in [3.63, 3.8) is 0 Å². The first-order valence-corrected chi connectivity index (χ1v) is 6.78. The summed E-state index contributed by atoms with van der Waals surface area (Å²) in [5.74, 6) is -0.691. The number of halogens is 1. The molecule has 2 aromatic carbocycles. The maximum Gasteiger partial charge on any atom is 0.269 e. The minimum Gasteiger partial charge on any atom is -0.273 e. The SMILES string of the molecule is CC(=NNC(=O)Cc1ccc([N+](=O)[O-])cc1)c1ccc(F)cc1. The molecule has 2 rings (SSSR count). The molecule has 1 N–H and O–H groups in total. The average molecular weight is 315 g/mol. The molecule has 1 amide bonds. The Kier molecular flexibility index (Phi) is 5.14. The van der Waals surface area contributed by atoms with E-state index in [0.29, 0.717) is 16.8 Å². The number of carbonyl (C=O) groups excluding carboxylic acids is 1. The molecule has 0 heterocycles. The summed E-state index contributed by atoms with van der Waals surface area (Å²) < 4.78 is 12.8. The summed E-state index contributed by atoms with van der Waals surface area (Å²) in [5.41, 5.74) is 4.26. The number of amides is 1. The Morgan fingerprint density at radius 2 is 1.78 bits per heavy atom. The van der Waals surface area contributed by atoms with Crippen LogP contribution in [0.4, 0.5) is 10.1 Å². The number of rotatable bonds is 5. The van der Waals surface area contributed by atoms with E-state index in [1.807, 2.05) is 0 Å². The van der Waals surface area contributed by atoms with E-state index in [1.54, 1.807) is 19.1 Å². The quantitative estimate of drug-likeness (QED) is 0.523. The molecule has 0 unspecified atom stereocenters. The second-order valence-electron chi connectivity index (χ2n) is 4.84. The van der Waals surface area contributed by atoms with Crippen molar-refractivity contribution in [3.8, 4) is 0 Å². The second kappa shape index (κ2) is 7.26. The third-order valence-corrected chi connectivity index (χ3v) is 3.12. The van der Waals surface area contributed by atoms with Crippen LogP contribution in [0.1, 0.15) is 18.1 Å². The molecule has 0 aliphatic carbocycles. The minimum atomic E-state index is -0.500. The zero-order valence-electron chi connectivity index (χ0n) is 12.3. The van der Waals surface area contributed by atoms with Crippen LogP contribution >= 0.6 is 0 Å². The number of hydrogen-bond donors (Lipinski definition) is 1. The number of nitrogens with one attached hydrogen (secondary N) is 1. The van der Waals surface area contributed by atoms with Crippen molar-refractivity contribution in [1.29, 1.82) is 0 Å². The van der Waals surface area contributed by atoms with Gasteiger partial charge in [0.1, 0.15) is 5.82 Å². The van der Waals surface area contributed by atoms with E-state index in [2.05, 4.69) is 10.5 Å². The summed E-state index contributed by atoms with van der Waals surface area (Å²) in [6.45, 7) is 1.69. The zero-order chi connectivity index (χ0) is 16.8. The predicted molar refractivity (Wildman–Crippen MR) is 83.6 cm³/mol. The molecule has 0 radical (unpaired) electrons. The average Bonchev–Trinajstić information content (AvgIpc) is 2.54. The van der Waals surface area contributed by atoms with Gasteiger partial charge in [-0.3, -0.25) is 14.9 Å². The lowest BCUT2D eigenvalue weighted by Gasteiger charge is -2.03. The molecule has 0 fully saturated rings. The maximum atomic E-state index is 12.8. The van der Waals surface area contributed by atoms with E-state index >= 15 is 0 Å². The largest absolute Gasteiger partial charge is 0.273 e. The highest BCUT2D eigenvalue weighted by molar-refractivity contribution is 5.99. The molecule has 118 valence electrons. The summed E-state index contributed by atoms with van der Waals surface area (Å²) in [4.78, 5) is 21.9. The van der Waals surface area contributed by atoms with Crippen molar-refractivity contribution in [2.75, 3.05) is 0 Å². The van der Waals surface area contributed by atoms with E-state index < -0.39 is 4.92 Å². The van der Waals surface area contributed by atoms with Crippen LogP contribution in [0, 0.1) is 15.9 Å². The fraction of sp³-hybridized carbons (Fsp3) is 0.125. The van der Waals surface area contributed by atoms with Crippen LogP contribution < -0.4 is 5.43 Å². The van der Waals surface area contributed by atoms with E-state index in [0.717, 1.165) is 0 Å². The number of benzene rings is 2. The zero-order valence-corrected chi connectivity index (χ0v) is 12.3. The number of nitro benzene ring substituents is 1. The molecule has 0 saturated carbocycles. The van der Waals surface area contributed by atoms with Crippen LogP contribution in [0.2, 0.25) is 0 Å². The molecular formula is C16H14FN3O3. The second-order valence-corrected chi connectivity index (χ2v) is 4.84. The van der Waals surface area contributed by atoms with Gasteiger partial charge in [0.15, 0.2) is 0 Å². The van der Waals surface area contributed by atoms with Gasteiger partial charge in [-0.15, -0.1) is 0 Å². The molecule has 0 aliphatic heterocycles. The van der Waals surface area contributed by atoms with Gasteiger partial charge >= 0.3 is 0 Å². The first-order valence-electron chi connectivity index (χ1n) is 6.78. The van der Waals surface area contributed by atoms with Gasteiger partial charge in [-0.2, -0.15) is 5.10 Å². The molecule has 2 aromatic rings. The Labute approximate surface area is 131 Å². The van der Waals surface area contributed by atoms with E-state index in [1.165, 1.54) is 36.4 Å². The van der Waals surface area contributed by atoms with Gasteiger partial charge in [0.25, 0.3) is 5.69 Å². The molecule has 0 atom stereocenters. The van der Waals surface area contributed by atoms with Crippen LogP contribution in [0.15, 0.2) is 53.6 Å². The molecule has 0 aliphatic rings. The Morgan fingerprint density at radius 1 is 1.17 bits per heavy atom. The van der Waals surface area contributed by atoms with Crippen molar-refractivity contribution in [2.45, 2.75) is 13.3 Å². The Bertz CT molecular complexity index is 740. The van der Waals surface area contributed by atoms with Crippen molar-refractivity contribution in [1.82, 2.24) is 5.43 Å². The lowest BCUT2D eigenvalue weighted by molar-refractivity contribution is -0.384. The highest BCUT2D eigenvalue weighted by Crippen LogP contribution is 2.12.